The molecule has 0 fully saturated rings. The molecule has 0 aliphatic rings. The van der Waals surface area contributed by atoms with Gasteiger partial charge in [-0.25, -0.2) is 4.68 Å². The molecule has 2 heterocycles. The second-order valence-electron chi connectivity index (χ2n) is 5.26. The summed E-state index contributed by atoms with van der Waals surface area (Å²) in [5, 5.41) is 29.8. The van der Waals surface area contributed by atoms with Crippen molar-refractivity contribution in [2.75, 3.05) is 5.43 Å². The van der Waals surface area contributed by atoms with Crippen LogP contribution in [0.3, 0.4) is 0 Å². The highest BCUT2D eigenvalue weighted by atomic mass is 15.3. The zero-order valence-corrected chi connectivity index (χ0v) is 13.7. The van der Waals surface area contributed by atoms with Crippen LogP contribution in [0.2, 0.25) is 0 Å². The second-order valence-corrected chi connectivity index (χ2v) is 5.26. The zero-order chi connectivity index (χ0) is 17.8. The number of aryl methyl sites for hydroxylation is 1. The molecule has 0 radical (unpaired) electrons. The van der Waals surface area contributed by atoms with Crippen LogP contribution in [0.1, 0.15) is 5.69 Å². The van der Waals surface area contributed by atoms with E-state index in [4.69, 9.17) is 10.5 Å². The summed E-state index contributed by atoms with van der Waals surface area (Å²) in [4.78, 5) is 0. The molecule has 3 rings (SSSR count). The summed E-state index contributed by atoms with van der Waals surface area (Å²) in [6.45, 7) is 2.00. The lowest BCUT2D eigenvalue weighted by Crippen LogP contribution is -1.98. The lowest BCUT2D eigenvalue weighted by Gasteiger charge is -2.04. The number of benzene rings is 1. The van der Waals surface area contributed by atoms with E-state index in [1.54, 1.807) is 35.1 Å². The van der Waals surface area contributed by atoms with Crippen molar-refractivity contribution >= 4 is 11.4 Å². The number of nitrogens with one attached hydrogen (secondary N) is 1. The summed E-state index contributed by atoms with van der Waals surface area (Å²) in [7, 11) is 1.90. The van der Waals surface area contributed by atoms with Gasteiger partial charge in [0.15, 0.2) is 0 Å². The van der Waals surface area contributed by atoms with Gasteiger partial charge in [-0.1, -0.05) is 0 Å². The number of hydrazone groups is 1. The van der Waals surface area contributed by atoms with Crippen LogP contribution in [0.5, 0.6) is 0 Å². The molecule has 0 aliphatic heterocycles. The van der Waals surface area contributed by atoms with Crippen molar-refractivity contribution in [2.45, 2.75) is 6.92 Å². The van der Waals surface area contributed by atoms with Crippen LogP contribution < -0.4 is 5.43 Å². The molecule has 0 spiro atoms. The number of hydrogen-bond donors (Lipinski definition) is 1. The minimum atomic E-state index is -0.229. The number of anilines is 1. The molecule has 1 aromatic carbocycles. The Morgan fingerprint density at radius 2 is 1.88 bits per heavy atom. The molecular formula is C17H14N8. The molecular weight excluding hydrogens is 316 g/mol. The van der Waals surface area contributed by atoms with Gasteiger partial charge >= 0.3 is 0 Å². The first-order valence-corrected chi connectivity index (χ1v) is 7.41. The fourth-order valence-electron chi connectivity index (χ4n) is 2.25. The topological polar surface area (TPSA) is 108 Å². The third-order valence-electron chi connectivity index (χ3n) is 3.74. The van der Waals surface area contributed by atoms with Gasteiger partial charge < -0.3 is 0 Å². The largest absolute Gasteiger partial charge is 0.277 e. The summed E-state index contributed by atoms with van der Waals surface area (Å²) in [6, 6.07) is 12.6. The Labute approximate surface area is 144 Å². The second kappa shape index (κ2) is 6.69. The quantitative estimate of drug-likeness (QED) is 0.584. The van der Waals surface area contributed by atoms with E-state index < -0.39 is 0 Å². The average Bonchev–Trinajstić information content (AvgIpc) is 3.24. The molecule has 1 N–H and O–H groups in total. The van der Waals surface area contributed by atoms with E-state index in [-0.39, 0.29) is 5.71 Å². The molecule has 25 heavy (non-hydrogen) atoms. The maximum Gasteiger partial charge on any atom is 0.237 e. The summed E-state index contributed by atoms with van der Waals surface area (Å²) in [5.74, 6) is 0. The van der Waals surface area contributed by atoms with Gasteiger partial charge in [0, 0.05) is 24.5 Å². The van der Waals surface area contributed by atoms with E-state index in [9.17, 15) is 0 Å². The fourth-order valence-corrected chi connectivity index (χ4v) is 2.25. The van der Waals surface area contributed by atoms with Crippen LogP contribution in [0, 0.1) is 29.6 Å². The molecule has 122 valence electrons. The third-order valence-corrected chi connectivity index (χ3v) is 3.74. The van der Waals surface area contributed by atoms with Crippen molar-refractivity contribution in [3.63, 3.8) is 0 Å². The minimum absolute atomic E-state index is 0.229. The molecule has 0 bridgehead atoms. The lowest BCUT2D eigenvalue weighted by atomic mass is 10.2. The molecule has 0 atom stereocenters. The van der Waals surface area contributed by atoms with E-state index in [0.29, 0.717) is 5.69 Å². The van der Waals surface area contributed by atoms with Crippen LogP contribution in [-0.2, 0) is 7.05 Å². The van der Waals surface area contributed by atoms with E-state index >= 15 is 0 Å². The van der Waals surface area contributed by atoms with Gasteiger partial charge in [0.05, 0.1) is 23.3 Å². The number of hydrogen-bond acceptors (Lipinski definition) is 6. The van der Waals surface area contributed by atoms with Gasteiger partial charge in [0.25, 0.3) is 0 Å². The molecule has 3 aromatic rings. The normalized spacial score (nSPS) is 9.92. The van der Waals surface area contributed by atoms with Gasteiger partial charge in [-0.05, 0) is 37.3 Å². The molecule has 0 amide bonds. The minimum Gasteiger partial charge on any atom is -0.277 e. The molecule has 0 unspecified atom stereocenters. The Hall–Kier alpha value is -3.91. The molecule has 8 heteroatoms. The summed E-state index contributed by atoms with van der Waals surface area (Å²) < 4.78 is 3.58. The Bertz CT molecular complexity index is 992. The van der Waals surface area contributed by atoms with Crippen LogP contribution in [0.25, 0.3) is 16.9 Å². The van der Waals surface area contributed by atoms with Crippen molar-refractivity contribution < 1.29 is 0 Å². The van der Waals surface area contributed by atoms with Crippen molar-refractivity contribution in [1.29, 1.82) is 10.5 Å². The van der Waals surface area contributed by atoms with Crippen molar-refractivity contribution in [3.05, 3.63) is 48.4 Å². The average molecular weight is 330 g/mol. The van der Waals surface area contributed by atoms with Gasteiger partial charge in [-0.15, -0.1) is 0 Å². The maximum atomic E-state index is 8.65. The van der Waals surface area contributed by atoms with Gasteiger partial charge in [0.2, 0.25) is 5.71 Å². The first kappa shape index (κ1) is 16.0. The summed E-state index contributed by atoms with van der Waals surface area (Å²) in [5.41, 5.74) is 6.88. The fraction of sp³-hybridized carbons (Fsp3) is 0.118. The molecule has 8 nitrogen and oxygen atoms in total. The molecule has 2 aromatic heterocycles. The first-order chi connectivity index (χ1) is 12.1. The number of nitriles is 2. The predicted molar refractivity (Wildman–Crippen MR) is 92.8 cm³/mol. The van der Waals surface area contributed by atoms with Gasteiger partial charge in [0.1, 0.15) is 12.1 Å². The van der Waals surface area contributed by atoms with Crippen LogP contribution in [0.15, 0.2) is 47.8 Å². The van der Waals surface area contributed by atoms with E-state index in [1.165, 1.54) is 0 Å². The summed E-state index contributed by atoms with van der Waals surface area (Å²) in [6.07, 6.45) is 3.68. The highest BCUT2D eigenvalue weighted by Crippen LogP contribution is 2.22. The SMILES string of the molecule is Cc1c(-c2ccn(-c3ccc(NN=C(C#N)C#N)cc3)n2)cnn1C. The molecule has 0 saturated carbocycles. The van der Waals surface area contributed by atoms with Crippen molar-refractivity contribution in [2.24, 2.45) is 12.1 Å². The Morgan fingerprint density at radius 1 is 1.16 bits per heavy atom. The summed E-state index contributed by atoms with van der Waals surface area (Å²) >= 11 is 0. The zero-order valence-electron chi connectivity index (χ0n) is 13.7. The Morgan fingerprint density at radius 3 is 2.48 bits per heavy atom. The standard InChI is InChI=1S/C17H14N8/c1-12-16(11-20-24(12)2)17-7-8-25(23-17)15-5-3-13(4-6-15)21-22-14(9-18)10-19/h3-8,11,21H,1-2H3. The number of nitrogens with zero attached hydrogens (tertiary/aromatic N) is 7. The Kier molecular flexibility index (Phi) is 4.27. The molecule has 0 aliphatic carbocycles. The van der Waals surface area contributed by atoms with E-state index in [2.05, 4.69) is 20.7 Å². The predicted octanol–water partition coefficient (Wildman–Crippen LogP) is 2.40. The van der Waals surface area contributed by atoms with Gasteiger partial charge in [-0.3, -0.25) is 10.1 Å². The van der Waals surface area contributed by atoms with Gasteiger partial charge in [-0.2, -0.15) is 25.8 Å². The van der Waals surface area contributed by atoms with E-state index in [1.807, 2.05) is 43.0 Å². The van der Waals surface area contributed by atoms with Crippen LogP contribution in [-0.4, -0.2) is 25.3 Å². The lowest BCUT2D eigenvalue weighted by molar-refractivity contribution is 0.740. The Balaban J connectivity index is 1.80. The van der Waals surface area contributed by atoms with Crippen LogP contribution in [0.4, 0.5) is 5.69 Å². The monoisotopic (exact) mass is 330 g/mol. The molecule has 0 saturated heterocycles. The first-order valence-electron chi connectivity index (χ1n) is 7.41. The highest BCUT2D eigenvalue weighted by molar-refractivity contribution is 6.10. The highest BCUT2D eigenvalue weighted by Gasteiger charge is 2.10. The maximum absolute atomic E-state index is 8.65. The van der Waals surface area contributed by atoms with Crippen molar-refractivity contribution in [3.8, 4) is 29.1 Å². The number of aromatic nitrogens is 4. The van der Waals surface area contributed by atoms with E-state index in [0.717, 1.165) is 22.6 Å². The van der Waals surface area contributed by atoms with Crippen molar-refractivity contribution in [1.82, 2.24) is 19.6 Å². The number of rotatable bonds is 4. The third kappa shape index (κ3) is 3.23. The van der Waals surface area contributed by atoms with Crippen LogP contribution >= 0.6 is 0 Å². The smallest absolute Gasteiger partial charge is 0.237 e.